The van der Waals surface area contributed by atoms with Crippen molar-refractivity contribution >= 4 is 11.9 Å². The Morgan fingerprint density at radius 2 is 1.50 bits per heavy atom. The third kappa shape index (κ3) is 4.79. The molecule has 2 rings (SSSR count). The predicted octanol–water partition coefficient (Wildman–Crippen LogP) is 4.40. The van der Waals surface area contributed by atoms with E-state index < -0.39 is 0 Å². The van der Waals surface area contributed by atoms with E-state index in [-0.39, 0.29) is 5.78 Å². The summed E-state index contributed by atoms with van der Waals surface area (Å²) in [4.78, 5) is 12.4. The van der Waals surface area contributed by atoms with Crippen molar-refractivity contribution in [1.82, 2.24) is 0 Å². The predicted molar refractivity (Wildman–Crippen MR) is 102 cm³/mol. The Bertz CT molecular complexity index is 780. The van der Waals surface area contributed by atoms with Gasteiger partial charge >= 0.3 is 0 Å². The lowest BCUT2D eigenvalue weighted by Gasteiger charge is -2.11. The van der Waals surface area contributed by atoms with Gasteiger partial charge in [0.1, 0.15) is 0 Å². The minimum absolute atomic E-state index is 0.127. The highest BCUT2D eigenvalue weighted by atomic mass is 16.5. The fourth-order valence-electron chi connectivity index (χ4n) is 2.43. The van der Waals surface area contributed by atoms with Crippen LogP contribution in [-0.2, 0) is 0 Å². The molecule has 0 aliphatic rings. The second kappa shape index (κ2) is 9.51. The van der Waals surface area contributed by atoms with Crippen LogP contribution in [0.15, 0.2) is 42.5 Å². The van der Waals surface area contributed by atoms with Crippen LogP contribution >= 0.6 is 0 Å². The van der Waals surface area contributed by atoms with Crippen LogP contribution in [0.4, 0.5) is 0 Å². The minimum atomic E-state index is -0.127. The van der Waals surface area contributed by atoms with Crippen LogP contribution < -0.4 is 18.9 Å². The summed E-state index contributed by atoms with van der Waals surface area (Å²) in [6.45, 7) is 4.94. The standard InChI is InChI=1S/C21H24O5/c1-5-25-19-11-8-15(13-21(19)26-6-2)7-10-17(22)16-9-12-18(23-3)20(14-16)24-4/h7-14H,5-6H2,1-4H3/b10-7-. The molecule has 0 saturated heterocycles. The molecule has 0 fully saturated rings. The number of rotatable bonds is 9. The van der Waals surface area contributed by atoms with Gasteiger partial charge in [0.15, 0.2) is 28.8 Å². The molecular formula is C21H24O5. The molecule has 0 atom stereocenters. The highest BCUT2D eigenvalue weighted by molar-refractivity contribution is 6.07. The Hall–Kier alpha value is -2.95. The summed E-state index contributed by atoms with van der Waals surface area (Å²) in [6.07, 6.45) is 3.27. The zero-order valence-corrected chi connectivity index (χ0v) is 15.6. The van der Waals surface area contributed by atoms with Gasteiger partial charge in [0.2, 0.25) is 0 Å². The summed E-state index contributed by atoms with van der Waals surface area (Å²) < 4.78 is 21.6. The van der Waals surface area contributed by atoms with E-state index >= 15 is 0 Å². The molecule has 5 nitrogen and oxygen atoms in total. The van der Waals surface area contributed by atoms with Gasteiger partial charge in [-0.1, -0.05) is 12.1 Å². The van der Waals surface area contributed by atoms with Gasteiger partial charge in [-0.15, -0.1) is 0 Å². The van der Waals surface area contributed by atoms with E-state index in [2.05, 4.69) is 0 Å². The van der Waals surface area contributed by atoms with E-state index in [9.17, 15) is 4.79 Å². The van der Waals surface area contributed by atoms with E-state index in [1.807, 2.05) is 32.0 Å². The second-order valence-electron chi connectivity index (χ2n) is 5.34. The zero-order valence-electron chi connectivity index (χ0n) is 15.6. The summed E-state index contributed by atoms with van der Waals surface area (Å²) >= 11 is 0. The van der Waals surface area contributed by atoms with Gasteiger partial charge in [-0.05, 0) is 55.8 Å². The van der Waals surface area contributed by atoms with Gasteiger partial charge in [0, 0.05) is 5.56 Å². The third-order valence-corrected chi connectivity index (χ3v) is 3.66. The number of allylic oxidation sites excluding steroid dienone is 1. The lowest BCUT2D eigenvalue weighted by Crippen LogP contribution is -1.99. The van der Waals surface area contributed by atoms with E-state index in [0.717, 1.165) is 5.56 Å². The van der Waals surface area contributed by atoms with E-state index in [1.54, 1.807) is 31.4 Å². The smallest absolute Gasteiger partial charge is 0.185 e. The Labute approximate surface area is 154 Å². The zero-order chi connectivity index (χ0) is 18.9. The molecule has 0 amide bonds. The van der Waals surface area contributed by atoms with Crippen LogP contribution in [0, 0.1) is 0 Å². The van der Waals surface area contributed by atoms with Crippen molar-refractivity contribution in [1.29, 1.82) is 0 Å². The first kappa shape index (κ1) is 19.4. The largest absolute Gasteiger partial charge is 0.493 e. The lowest BCUT2D eigenvalue weighted by molar-refractivity contribution is 0.104. The van der Waals surface area contributed by atoms with Gasteiger partial charge in [-0.2, -0.15) is 0 Å². The molecule has 0 aliphatic carbocycles. The first-order valence-corrected chi connectivity index (χ1v) is 8.47. The van der Waals surface area contributed by atoms with Gasteiger partial charge in [0.25, 0.3) is 0 Å². The fourth-order valence-corrected chi connectivity index (χ4v) is 2.43. The van der Waals surface area contributed by atoms with Gasteiger partial charge in [-0.25, -0.2) is 0 Å². The molecule has 0 saturated carbocycles. The minimum Gasteiger partial charge on any atom is -0.493 e. The summed E-state index contributed by atoms with van der Waals surface area (Å²) in [5.41, 5.74) is 1.38. The third-order valence-electron chi connectivity index (χ3n) is 3.66. The maximum atomic E-state index is 12.4. The maximum absolute atomic E-state index is 12.4. The first-order valence-electron chi connectivity index (χ1n) is 8.47. The van der Waals surface area contributed by atoms with Crippen molar-refractivity contribution in [2.45, 2.75) is 13.8 Å². The topological polar surface area (TPSA) is 54.0 Å². The molecule has 0 bridgehead atoms. The van der Waals surface area contributed by atoms with Crippen LogP contribution in [0.2, 0.25) is 0 Å². The molecule has 0 spiro atoms. The molecule has 0 aromatic heterocycles. The number of benzene rings is 2. The van der Waals surface area contributed by atoms with Crippen LogP contribution in [0.25, 0.3) is 6.08 Å². The molecule has 5 heteroatoms. The van der Waals surface area contributed by atoms with Crippen LogP contribution in [-0.4, -0.2) is 33.2 Å². The fraction of sp³-hybridized carbons (Fsp3) is 0.286. The highest BCUT2D eigenvalue weighted by Crippen LogP contribution is 2.30. The SMILES string of the molecule is CCOc1ccc(/C=C\C(=O)c2ccc(OC)c(OC)c2)cc1OCC. The van der Waals surface area contributed by atoms with Crippen molar-refractivity contribution in [2.75, 3.05) is 27.4 Å². The number of methoxy groups -OCH3 is 2. The van der Waals surface area contributed by atoms with Crippen LogP contribution in [0.3, 0.4) is 0 Å². The van der Waals surface area contributed by atoms with Gasteiger partial charge in [0.05, 0.1) is 27.4 Å². The number of hydrogen-bond acceptors (Lipinski definition) is 5. The normalized spacial score (nSPS) is 10.6. The van der Waals surface area contributed by atoms with Crippen molar-refractivity contribution in [3.05, 3.63) is 53.6 Å². The average molecular weight is 356 g/mol. The molecule has 138 valence electrons. The summed E-state index contributed by atoms with van der Waals surface area (Å²) in [5, 5.41) is 0. The number of ketones is 1. The summed E-state index contributed by atoms with van der Waals surface area (Å²) in [6, 6.07) is 10.7. The number of hydrogen-bond donors (Lipinski definition) is 0. The van der Waals surface area contributed by atoms with Crippen molar-refractivity contribution in [2.24, 2.45) is 0 Å². The summed E-state index contributed by atoms with van der Waals surface area (Å²) in [5.74, 6) is 2.33. The van der Waals surface area contributed by atoms with Crippen LogP contribution in [0.1, 0.15) is 29.8 Å². The van der Waals surface area contributed by atoms with E-state index in [1.165, 1.54) is 13.2 Å². The molecule has 0 aliphatic heterocycles. The number of ether oxygens (including phenoxy) is 4. The maximum Gasteiger partial charge on any atom is 0.185 e. The Kier molecular flexibility index (Phi) is 7.09. The Morgan fingerprint density at radius 1 is 0.846 bits per heavy atom. The van der Waals surface area contributed by atoms with E-state index in [4.69, 9.17) is 18.9 Å². The van der Waals surface area contributed by atoms with Crippen LogP contribution in [0.5, 0.6) is 23.0 Å². The molecule has 0 N–H and O–H groups in total. The molecule has 0 radical (unpaired) electrons. The second-order valence-corrected chi connectivity index (χ2v) is 5.34. The quantitative estimate of drug-likeness (QED) is 0.492. The number of carbonyl (C=O) groups is 1. The molecule has 2 aromatic carbocycles. The molecule has 2 aromatic rings. The van der Waals surface area contributed by atoms with E-state index in [0.29, 0.717) is 41.8 Å². The van der Waals surface area contributed by atoms with Crippen molar-refractivity contribution < 1.29 is 23.7 Å². The summed E-state index contributed by atoms with van der Waals surface area (Å²) in [7, 11) is 3.10. The first-order chi connectivity index (χ1) is 12.6. The van der Waals surface area contributed by atoms with Gasteiger partial charge in [-0.3, -0.25) is 4.79 Å². The average Bonchev–Trinajstić information content (AvgIpc) is 2.67. The highest BCUT2D eigenvalue weighted by Gasteiger charge is 2.09. The molecular weight excluding hydrogens is 332 g/mol. The van der Waals surface area contributed by atoms with Crippen molar-refractivity contribution in [3.8, 4) is 23.0 Å². The number of carbonyl (C=O) groups excluding carboxylic acids is 1. The molecule has 0 unspecified atom stereocenters. The molecule has 0 heterocycles. The monoisotopic (exact) mass is 356 g/mol. The Balaban J connectivity index is 2.20. The Morgan fingerprint density at radius 3 is 2.15 bits per heavy atom. The molecule has 26 heavy (non-hydrogen) atoms. The van der Waals surface area contributed by atoms with Crippen molar-refractivity contribution in [3.63, 3.8) is 0 Å². The van der Waals surface area contributed by atoms with Gasteiger partial charge < -0.3 is 18.9 Å². The lowest BCUT2D eigenvalue weighted by atomic mass is 10.1.